The molecule has 0 amide bonds. The van der Waals surface area contributed by atoms with Crippen molar-refractivity contribution in [2.24, 2.45) is 0 Å². The van der Waals surface area contributed by atoms with Crippen molar-refractivity contribution in [1.29, 1.82) is 0 Å². The molecule has 4 heteroatoms. The first-order valence-corrected chi connectivity index (χ1v) is 6.53. The van der Waals surface area contributed by atoms with Crippen molar-refractivity contribution in [2.45, 2.75) is 33.0 Å². The normalized spacial score (nSPS) is 24.1. The molecule has 0 unspecified atom stereocenters. The molecule has 1 aromatic carbocycles. The quantitative estimate of drug-likeness (QED) is 0.836. The maximum absolute atomic E-state index is 5.82. The number of benzene rings is 1. The van der Waals surface area contributed by atoms with Crippen LogP contribution in [0.1, 0.15) is 20.8 Å². The summed E-state index contributed by atoms with van der Waals surface area (Å²) >= 11 is 0. The number of rotatable bonds is 3. The van der Waals surface area contributed by atoms with Gasteiger partial charge in [-0.3, -0.25) is 0 Å². The molecule has 0 bridgehead atoms. The van der Waals surface area contributed by atoms with E-state index in [1.54, 1.807) is 0 Å². The van der Waals surface area contributed by atoms with Gasteiger partial charge in [0.1, 0.15) is 5.75 Å². The maximum Gasteiger partial charge on any atom is 0.144 e. The summed E-state index contributed by atoms with van der Waals surface area (Å²) in [6.45, 7) is 8.59. The van der Waals surface area contributed by atoms with Gasteiger partial charge in [-0.05, 0) is 32.9 Å². The largest absolute Gasteiger partial charge is 0.492 e. The van der Waals surface area contributed by atoms with Gasteiger partial charge in [-0.2, -0.15) is 0 Å². The maximum atomic E-state index is 5.82. The van der Waals surface area contributed by atoms with E-state index in [9.17, 15) is 0 Å². The molecule has 1 aliphatic rings. The molecular formula is C14H22N2O2. The molecule has 2 N–H and O–H groups in total. The Morgan fingerprint density at radius 2 is 2.00 bits per heavy atom. The van der Waals surface area contributed by atoms with Crippen molar-refractivity contribution in [3.63, 3.8) is 0 Å². The fourth-order valence-corrected chi connectivity index (χ4v) is 2.44. The number of nitrogens with zero attached hydrogens (tertiary/aromatic N) is 1. The summed E-state index contributed by atoms with van der Waals surface area (Å²) in [6, 6.07) is 5.84. The van der Waals surface area contributed by atoms with E-state index in [0.717, 1.165) is 30.2 Å². The highest BCUT2D eigenvalue weighted by molar-refractivity contribution is 5.64. The molecule has 1 aromatic rings. The number of hydrogen-bond donors (Lipinski definition) is 1. The van der Waals surface area contributed by atoms with Gasteiger partial charge in [0.25, 0.3) is 0 Å². The van der Waals surface area contributed by atoms with E-state index in [1.807, 2.05) is 25.1 Å². The van der Waals surface area contributed by atoms with Crippen LogP contribution in [0.2, 0.25) is 0 Å². The average molecular weight is 250 g/mol. The summed E-state index contributed by atoms with van der Waals surface area (Å²) in [5, 5.41) is 0. The van der Waals surface area contributed by atoms with Gasteiger partial charge in [-0.15, -0.1) is 0 Å². The molecule has 2 atom stereocenters. The molecule has 4 nitrogen and oxygen atoms in total. The monoisotopic (exact) mass is 250 g/mol. The second-order valence-electron chi connectivity index (χ2n) is 4.82. The predicted molar refractivity (Wildman–Crippen MR) is 74.2 cm³/mol. The van der Waals surface area contributed by atoms with E-state index in [0.29, 0.717) is 6.61 Å². The van der Waals surface area contributed by atoms with Gasteiger partial charge in [0.15, 0.2) is 0 Å². The van der Waals surface area contributed by atoms with Gasteiger partial charge in [0.2, 0.25) is 0 Å². The van der Waals surface area contributed by atoms with E-state index >= 15 is 0 Å². The van der Waals surface area contributed by atoms with Gasteiger partial charge >= 0.3 is 0 Å². The van der Waals surface area contributed by atoms with E-state index < -0.39 is 0 Å². The van der Waals surface area contributed by atoms with Gasteiger partial charge in [0.05, 0.1) is 24.5 Å². The minimum Gasteiger partial charge on any atom is -0.492 e. The Balaban J connectivity index is 2.25. The van der Waals surface area contributed by atoms with E-state index in [-0.39, 0.29) is 12.2 Å². The highest BCUT2D eigenvalue weighted by atomic mass is 16.5. The fourth-order valence-electron chi connectivity index (χ4n) is 2.44. The summed E-state index contributed by atoms with van der Waals surface area (Å²) in [5.41, 5.74) is 7.66. The summed E-state index contributed by atoms with van der Waals surface area (Å²) in [6.07, 6.45) is 0.474. The van der Waals surface area contributed by atoms with E-state index in [1.165, 1.54) is 0 Å². The molecule has 1 fully saturated rings. The van der Waals surface area contributed by atoms with Crippen LogP contribution in [0.15, 0.2) is 18.2 Å². The first-order chi connectivity index (χ1) is 8.60. The number of ether oxygens (including phenoxy) is 2. The molecule has 1 aliphatic heterocycles. The fraction of sp³-hybridized carbons (Fsp3) is 0.571. The number of anilines is 2. The molecular weight excluding hydrogens is 228 g/mol. The minimum atomic E-state index is 0.237. The third kappa shape index (κ3) is 2.88. The van der Waals surface area contributed by atoms with Crippen LogP contribution >= 0.6 is 0 Å². The first-order valence-electron chi connectivity index (χ1n) is 6.53. The third-order valence-corrected chi connectivity index (χ3v) is 3.04. The Bertz CT molecular complexity index is 399. The van der Waals surface area contributed by atoms with Crippen molar-refractivity contribution in [3.05, 3.63) is 18.2 Å². The van der Waals surface area contributed by atoms with Crippen LogP contribution in [-0.4, -0.2) is 31.9 Å². The summed E-state index contributed by atoms with van der Waals surface area (Å²) < 4.78 is 11.4. The molecule has 0 radical (unpaired) electrons. The number of morpholine rings is 1. The van der Waals surface area contributed by atoms with Crippen LogP contribution in [0.4, 0.5) is 11.4 Å². The molecule has 18 heavy (non-hydrogen) atoms. The predicted octanol–water partition coefficient (Wildman–Crippen LogP) is 2.28. The Hall–Kier alpha value is -1.42. The van der Waals surface area contributed by atoms with Crippen LogP contribution in [0.25, 0.3) is 0 Å². The highest BCUT2D eigenvalue weighted by Crippen LogP contribution is 2.32. The van der Waals surface area contributed by atoms with Crippen molar-refractivity contribution in [3.8, 4) is 5.75 Å². The molecule has 100 valence electrons. The van der Waals surface area contributed by atoms with Gasteiger partial charge in [0, 0.05) is 24.8 Å². The number of nitrogen functional groups attached to an aromatic ring is 1. The number of hydrogen-bond acceptors (Lipinski definition) is 4. The van der Waals surface area contributed by atoms with E-state index in [4.69, 9.17) is 15.2 Å². The zero-order valence-electron chi connectivity index (χ0n) is 11.3. The van der Waals surface area contributed by atoms with Crippen molar-refractivity contribution in [2.75, 3.05) is 30.3 Å². The Morgan fingerprint density at radius 1 is 1.33 bits per heavy atom. The Kier molecular flexibility index (Phi) is 3.97. The zero-order chi connectivity index (χ0) is 13.1. The summed E-state index contributed by atoms with van der Waals surface area (Å²) in [5.74, 6) is 0.860. The second kappa shape index (κ2) is 5.48. The molecule has 1 saturated heterocycles. The van der Waals surface area contributed by atoms with Crippen LogP contribution in [0, 0.1) is 0 Å². The van der Waals surface area contributed by atoms with E-state index in [2.05, 4.69) is 18.7 Å². The molecule has 0 aromatic heterocycles. The minimum absolute atomic E-state index is 0.237. The lowest BCUT2D eigenvalue weighted by atomic mass is 10.1. The van der Waals surface area contributed by atoms with Crippen molar-refractivity contribution >= 4 is 11.4 Å². The van der Waals surface area contributed by atoms with Crippen molar-refractivity contribution < 1.29 is 9.47 Å². The van der Waals surface area contributed by atoms with Crippen molar-refractivity contribution in [1.82, 2.24) is 0 Å². The molecule has 0 spiro atoms. The standard InChI is InChI=1S/C14H22N2O2/c1-4-17-14-7-12(15)5-6-13(14)16-8-10(2)18-11(3)9-16/h5-7,10-11H,4,8-9,15H2,1-3H3/t10-,11+. The van der Waals surface area contributed by atoms with Crippen LogP contribution in [0.5, 0.6) is 5.75 Å². The summed E-state index contributed by atoms with van der Waals surface area (Å²) in [7, 11) is 0. The number of nitrogens with two attached hydrogens (primary N) is 1. The molecule has 0 aliphatic carbocycles. The zero-order valence-corrected chi connectivity index (χ0v) is 11.3. The van der Waals surface area contributed by atoms with Crippen LogP contribution < -0.4 is 15.4 Å². The molecule has 0 saturated carbocycles. The second-order valence-corrected chi connectivity index (χ2v) is 4.82. The molecule has 2 rings (SSSR count). The van der Waals surface area contributed by atoms with Gasteiger partial charge in [-0.1, -0.05) is 0 Å². The highest BCUT2D eigenvalue weighted by Gasteiger charge is 2.24. The summed E-state index contributed by atoms with van der Waals surface area (Å²) in [4.78, 5) is 2.31. The molecule has 1 heterocycles. The lowest BCUT2D eigenvalue weighted by molar-refractivity contribution is -0.00534. The van der Waals surface area contributed by atoms with Crippen LogP contribution in [0.3, 0.4) is 0 Å². The van der Waals surface area contributed by atoms with Crippen LogP contribution in [-0.2, 0) is 4.74 Å². The average Bonchev–Trinajstić information content (AvgIpc) is 2.28. The first kappa shape index (κ1) is 13.0. The SMILES string of the molecule is CCOc1cc(N)ccc1N1C[C@@H](C)O[C@@H](C)C1. The third-order valence-electron chi connectivity index (χ3n) is 3.04. The topological polar surface area (TPSA) is 47.7 Å². The van der Waals surface area contributed by atoms with Gasteiger partial charge < -0.3 is 20.1 Å². The Labute approximate surface area is 109 Å². The lowest BCUT2D eigenvalue weighted by Gasteiger charge is -2.37. The van der Waals surface area contributed by atoms with Gasteiger partial charge in [-0.25, -0.2) is 0 Å². The smallest absolute Gasteiger partial charge is 0.144 e. The lowest BCUT2D eigenvalue weighted by Crippen LogP contribution is -2.45. The Morgan fingerprint density at radius 3 is 2.61 bits per heavy atom.